The summed E-state index contributed by atoms with van der Waals surface area (Å²) < 4.78 is 25.5. The van der Waals surface area contributed by atoms with Crippen molar-refractivity contribution in [3.05, 3.63) is 59.2 Å². The molecule has 1 amide bonds. The average Bonchev–Trinajstić information content (AvgIpc) is 2.62. The molecule has 28 heavy (non-hydrogen) atoms. The number of carbonyl (C=O) groups is 1. The molecule has 0 bridgehead atoms. The van der Waals surface area contributed by atoms with E-state index in [0.717, 1.165) is 32.9 Å². The number of anilines is 2. The summed E-state index contributed by atoms with van der Waals surface area (Å²) in [7, 11) is 0.276. The predicted octanol–water partition coefficient (Wildman–Crippen LogP) is 2.29. The van der Waals surface area contributed by atoms with Crippen LogP contribution in [0.15, 0.2) is 47.6 Å². The van der Waals surface area contributed by atoms with Gasteiger partial charge in [-0.25, -0.2) is 13.8 Å². The zero-order valence-corrected chi connectivity index (χ0v) is 17.6. The number of nitrogens with zero attached hydrogens (tertiary/aromatic N) is 3. The van der Waals surface area contributed by atoms with Gasteiger partial charge in [0.1, 0.15) is 6.54 Å². The fourth-order valence-corrected chi connectivity index (χ4v) is 3.50. The van der Waals surface area contributed by atoms with E-state index in [2.05, 4.69) is 10.5 Å². The molecule has 2 aromatic carbocycles. The van der Waals surface area contributed by atoms with Crippen LogP contribution in [0, 0.1) is 13.8 Å². The molecule has 0 saturated heterocycles. The first-order valence-corrected chi connectivity index (χ1v) is 10.6. The number of hydrogen-bond acceptors (Lipinski definition) is 5. The van der Waals surface area contributed by atoms with Crippen molar-refractivity contribution in [3.8, 4) is 0 Å². The van der Waals surface area contributed by atoms with Crippen LogP contribution in [-0.4, -0.2) is 47.4 Å². The smallest absolute Gasteiger partial charge is 0.260 e. The predicted molar refractivity (Wildman–Crippen MR) is 115 cm³/mol. The van der Waals surface area contributed by atoms with Crippen LogP contribution in [0.4, 0.5) is 11.4 Å². The van der Waals surface area contributed by atoms with Crippen molar-refractivity contribution in [2.75, 3.05) is 36.1 Å². The van der Waals surface area contributed by atoms with E-state index < -0.39 is 15.9 Å². The molecule has 0 saturated carbocycles. The number of rotatable bonds is 7. The number of hydrogen-bond donors (Lipinski definition) is 1. The summed E-state index contributed by atoms with van der Waals surface area (Å²) in [5, 5.41) is 3.93. The van der Waals surface area contributed by atoms with E-state index in [4.69, 9.17) is 0 Å². The van der Waals surface area contributed by atoms with Gasteiger partial charge >= 0.3 is 0 Å². The van der Waals surface area contributed by atoms with E-state index in [1.165, 1.54) is 6.21 Å². The van der Waals surface area contributed by atoms with Gasteiger partial charge in [-0.05, 0) is 48.7 Å². The Labute approximate surface area is 166 Å². The molecular formula is C20H26N4O3S. The lowest BCUT2D eigenvalue weighted by atomic mass is 10.1. The van der Waals surface area contributed by atoms with Gasteiger partial charge < -0.3 is 4.90 Å². The molecule has 0 spiro atoms. The van der Waals surface area contributed by atoms with Gasteiger partial charge in [0.2, 0.25) is 10.0 Å². The molecule has 0 radical (unpaired) electrons. The van der Waals surface area contributed by atoms with E-state index in [0.29, 0.717) is 5.69 Å². The molecule has 0 aromatic heterocycles. The minimum absolute atomic E-state index is 0.347. The Hall–Kier alpha value is -2.87. The van der Waals surface area contributed by atoms with Crippen molar-refractivity contribution in [3.63, 3.8) is 0 Å². The lowest BCUT2D eigenvalue weighted by Gasteiger charge is -2.23. The first-order chi connectivity index (χ1) is 13.1. The van der Waals surface area contributed by atoms with Gasteiger partial charge in [-0.3, -0.25) is 9.10 Å². The number of sulfonamides is 1. The topological polar surface area (TPSA) is 82.1 Å². The van der Waals surface area contributed by atoms with Crippen molar-refractivity contribution in [1.29, 1.82) is 0 Å². The summed E-state index contributed by atoms with van der Waals surface area (Å²) >= 11 is 0. The fraction of sp³-hybridized carbons (Fsp3) is 0.300. The van der Waals surface area contributed by atoms with Crippen LogP contribution < -0.4 is 14.6 Å². The highest BCUT2D eigenvalue weighted by Gasteiger charge is 2.22. The van der Waals surface area contributed by atoms with Gasteiger partial charge in [0, 0.05) is 19.8 Å². The molecule has 2 aromatic rings. The first-order valence-electron chi connectivity index (χ1n) is 8.73. The number of benzene rings is 2. The third-order valence-electron chi connectivity index (χ3n) is 4.34. The second-order valence-electron chi connectivity index (χ2n) is 6.77. The maximum atomic E-state index is 12.3. The molecule has 8 heteroatoms. The highest BCUT2D eigenvalue weighted by Crippen LogP contribution is 2.24. The molecular weight excluding hydrogens is 376 g/mol. The maximum absolute atomic E-state index is 12.3. The van der Waals surface area contributed by atoms with E-state index >= 15 is 0 Å². The van der Waals surface area contributed by atoms with E-state index in [-0.39, 0.29) is 6.54 Å². The molecule has 0 fully saturated rings. The first kappa shape index (κ1) is 21.4. The van der Waals surface area contributed by atoms with Gasteiger partial charge in [-0.1, -0.05) is 24.3 Å². The molecule has 0 aliphatic heterocycles. The highest BCUT2D eigenvalue weighted by molar-refractivity contribution is 7.92. The molecule has 0 heterocycles. The third kappa shape index (κ3) is 5.56. The highest BCUT2D eigenvalue weighted by atomic mass is 32.2. The number of aryl methyl sites for hydroxylation is 1. The number of hydrazone groups is 1. The summed E-state index contributed by atoms with van der Waals surface area (Å²) in [5.74, 6) is -0.521. The van der Waals surface area contributed by atoms with Crippen LogP contribution in [-0.2, 0) is 14.8 Å². The van der Waals surface area contributed by atoms with Gasteiger partial charge in [-0.2, -0.15) is 5.10 Å². The van der Waals surface area contributed by atoms with E-state index in [9.17, 15) is 13.2 Å². The van der Waals surface area contributed by atoms with E-state index in [1.807, 2.05) is 63.2 Å². The number of nitrogens with one attached hydrogen (secondary N) is 1. The SMILES string of the molecule is Cc1cccc(N(CC(=O)N/N=C\c2ccc(N(C)C)cc2)S(C)(=O)=O)c1C. The summed E-state index contributed by atoms with van der Waals surface area (Å²) in [6, 6.07) is 13.0. The van der Waals surface area contributed by atoms with Crippen molar-refractivity contribution < 1.29 is 13.2 Å². The van der Waals surface area contributed by atoms with Crippen molar-refractivity contribution in [1.82, 2.24) is 5.43 Å². The molecule has 0 aliphatic carbocycles. The normalized spacial score (nSPS) is 11.5. The number of carbonyl (C=O) groups excluding carboxylic acids is 1. The zero-order valence-electron chi connectivity index (χ0n) is 16.8. The Morgan fingerprint density at radius 2 is 1.75 bits per heavy atom. The summed E-state index contributed by atoms with van der Waals surface area (Å²) in [6.07, 6.45) is 2.59. The van der Waals surface area contributed by atoms with Gasteiger partial charge in [0.15, 0.2) is 0 Å². The van der Waals surface area contributed by atoms with Crippen LogP contribution in [0.2, 0.25) is 0 Å². The molecule has 0 unspecified atom stereocenters. The maximum Gasteiger partial charge on any atom is 0.260 e. The van der Waals surface area contributed by atoms with Crippen molar-refractivity contribution >= 4 is 33.5 Å². The zero-order chi connectivity index (χ0) is 20.9. The molecule has 0 atom stereocenters. The molecule has 1 N–H and O–H groups in total. The summed E-state index contributed by atoms with van der Waals surface area (Å²) in [6.45, 7) is 3.38. The Balaban J connectivity index is 2.09. The van der Waals surface area contributed by atoms with Gasteiger partial charge in [0.25, 0.3) is 5.91 Å². The molecule has 0 aliphatic rings. The Morgan fingerprint density at radius 3 is 2.32 bits per heavy atom. The van der Waals surface area contributed by atoms with Crippen LogP contribution >= 0.6 is 0 Å². The molecule has 150 valence electrons. The molecule has 2 rings (SSSR count). The van der Waals surface area contributed by atoms with Crippen molar-refractivity contribution in [2.45, 2.75) is 13.8 Å². The monoisotopic (exact) mass is 402 g/mol. The summed E-state index contributed by atoms with van der Waals surface area (Å²) in [4.78, 5) is 14.2. The Kier molecular flexibility index (Phi) is 6.80. The van der Waals surface area contributed by atoms with Crippen LogP contribution in [0.1, 0.15) is 16.7 Å². The van der Waals surface area contributed by atoms with Gasteiger partial charge in [-0.15, -0.1) is 0 Å². The second-order valence-corrected chi connectivity index (χ2v) is 8.67. The largest absolute Gasteiger partial charge is 0.378 e. The lowest BCUT2D eigenvalue weighted by molar-refractivity contribution is -0.119. The Bertz CT molecular complexity index is 967. The fourth-order valence-electron chi connectivity index (χ4n) is 2.59. The minimum Gasteiger partial charge on any atom is -0.378 e. The van der Waals surface area contributed by atoms with Crippen molar-refractivity contribution in [2.24, 2.45) is 5.10 Å². The lowest BCUT2D eigenvalue weighted by Crippen LogP contribution is -2.39. The van der Waals surface area contributed by atoms with Crippen LogP contribution in [0.25, 0.3) is 0 Å². The average molecular weight is 403 g/mol. The summed E-state index contributed by atoms with van der Waals surface area (Å²) in [5.41, 5.74) is 6.51. The minimum atomic E-state index is -3.63. The van der Waals surface area contributed by atoms with E-state index in [1.54, 1.807) is 12.1 Å². The Morgan fingerprint density at radius 1 is 1.11 bits per heavy atom. The molecule has 7 nitrogen and oxygen atoms in total. The standard InChI is InChI=1S/C20H26N4O3S/c1-15-7-6-8-19(16(15)2)24(28(5,26)27)14-20(25)22-21-13-17-9-11-18(12-10-17)23(3)4/h6-13H,14H2,1-5H3,(H,22,25)/b21-13-. The number of amides is 1. The van der Waals surface area contributed by atoms with Gasteiger partial charge in [0.05, 0.1) is 18.2 Å². The van der Waals surface area contributed by atoms with Crippen LogP contribution in [0.3, 0.4) is 0 Å². The van der Waals surface area contributed by atoms with Crippen LogP contribution in [0.5, 0.6) is 0 Å². The third-order valence-corrected chi connectivity index (χ3v) is 5.47. The quantitative estimate of drug-likeness (QED) is 0.569. The second kappa shape index (κ2) is 8.88.